The Labute approximate surface area is 107 Å². The summed E-state index contributed by atoms with van der Waals surface area (Å²) in [6, 6.07) is 5.59. The van der Waals surface area contributed by atoms with Crippen molar-refractivity contribution < 1.29 is 8.78 Å². The zero-order valence-corrected chi connectivity index (χ0v) is 10.8. The molecular formula is C15H17F2N. The van der Waals surface area contributed by atoms with Gasteiger partial charge in [0.15, 0.2) is 0 Å². The number of rotatable bonds is 5. The number of hydrogen-bond acceptors (Lipinski definition) is 1. The van der Waals surface area contributed by atoms with Crippen molar-refractivity contribution >= 4 is 5.57 Å². The van der Waals surface area contributed by atoms with Gasteiger partial charge in [-0.05, 0) is 36.1 Å². The van der Waals surface area contributed by atoms with E-state index in [1.807, 2.05) is 13.8 Å². The first-order valence-corrected chi connectivity index (χ1v) is 6.20. The van der Waals surface area contributed by atoms with Gasteiger partial charge in [0.2, 0.25) is 0 Å². The van der Waals surface area contributed by atoms with E-state index in [1.165, 1.54) is 12.1 Å². The van der Waals surface area contributed by atoms with Gasteiger partial charge in [0.1, 0.15) is 11.6 Å². The van der Waals surface area contributed by atoms with Crippen LogP contribution in [0.5, 0.6) is 0 Å². The number of nitriles is 1. The molecule has 1 aromatic rings. The lowest BCUT2D eigenvalue weighted by Gasteiger charge is -2.10. The quantitative estimate of drug-likeness (QED) is 0.685. The molecule has 0 saturated heterocycles. The van der Waals surface area contributed by atoms with Crippen molar-refractivity contribution in [3.8, 4) is 6.07 Å². The van der Waals surface area contributed by atoms with Crippen molar-refractivity contribution in [1.82, 2.24) is 0 Å². The fourth-order valence-corrected chi connectivity index (χ4v) is 1.97. The highest BCUT2D eigenvalue weighted by Crippen LogP contribution is 2.27. The lowest BCUT2D eigenvalue weighted by molar-refractivity contribution is 0.582. The van der Waals surface area contributed by atoms with Gasteiger partial charge >= 0.3 is 0 Å². The summed E-state index contributed by atoms with van der Waals surface area (Å²) in [5.41, 5.74) is 1.88. The molecule has 0 heterocycles. The lowest BCUT2D eigenvalue weighted by Crippen LogP contribution is -1.94. The van der Waals surface area contributed by atoms with Crippen molar-refractivity contribution in [3.63, 3.8) is 0 Å². The molecule has 0 aliphatic carbocycles. The highest BCUT2D eigenvalue weighted by Gasteiger charge is 2.10. The summed E-state index contributed by atoms with van der Waals surface area (Å²) >= 11 is 0. The van der Waals surface area contributed by atoms with E-state index in [-0.39, 0.29) is 0 Å². The van der Waals surface area contributed by atoms with Crippen LogP contribution in [0.4, 0.5) is 8.78 Å². The lowest BCUT2D eigenvalue weighted by atomic mass is 9.94. The van der Waals surface area contributed by atoms with E-state index in [9.17, 15) is 8.78 Å². The average Bonchev–Trinajstić information content (AvgIpc) is 2.32. The van der Waals surface area contributed by atoms with Gasteiger partial charge in [-0.15, -0.1) is 0 Å². The summed E-state index contributed by atoms with van der Waals surface area (Å²) in [7, 11) is 0. The summed E-state index contributed by atoms with van der Waals surface area (Å²) in [5, 5.41) is 9.16. The van der Waals surface area contributed by atoms with E-state index in [0.717, 1.165) is 24.5 Å². The van der Waals surface area contributed by atoms with Crippen LogP contribution in [0, 0.1) is 23.0 Å². The maximum Gasteiger partial charge on any atom is 0.126 e. The Kier molecular flexibility index (Phi) is 5.51. The molecule has 96 valence electrons. The van der Waals surface area contributed by atoms with Crippen LogP contribution in [0.3, 0.4) is 0 Å². The first-order chi connectivity index (χ1) is 8.62. The Hall–Kier alpha value is -1.69. The summed E-state index contributed by atoms with van der Waals surface area (Å²) in [6.07, 6.45) is 2.98. The van der Waals surface area contributed by atoms with Crippen LogP contribution >= 0.6 is 0 Å². The minimum Gasteiger partial charge on any atom is -0.207 e. The number of nitrogens with zero attached hydrogens (tertiary/aromatic N) is 1. The molecule has 0 aromatic heterocycles. The maximum atomic E-state index is 13.2. The predicted molar refractivity (Wildman–Crippen MR) is 68.7 cm³/mol. The van der Waals surface area contributed by atoms with Crippen LogP contribution in [0.15, 0.2) is 23.8 Å². The molecule has 0 saturated carbocycles. The summed E-state index contributed by atoms with van der Waals surface area (Å²) in [6.45, 7) is 3.96. The molecule has 0 amide bonds. The van der Waals surface area contributed by atoms with Gasteiger partial charge in [0, 0.05) is 11.6 Å². The molecule has 0 spiro atoms. The van der Waals surface area contributed by atoms with E-state index in [1.54, 1.807) is 0 Å². The number of hydrogen-bond donors (Lipinski definition) is 0. The third-order valence-corrected chi connectivity index (χ3v) is 2.71. The first kappa shape index (κ1) is 14.4. The third kappa shape index (κ3) is 3.66. The summed E-state index contributed by atoms with van der Waals surface area (Å²) in [4.78, 5) is 0. The van der Waals surface area contributed by atoms with Gasteiger partial charge in [0.25, 0.3) is 0 Å². The highest BCUT2D eigenvalue weighted by molar-refractivity contribution is 5.71. The normalized spacial score (nSPS) is 11.9. The van der Waals surface area contributed by atoms with Crippen molar-refractivity contribution in [1.29, 1.82) is 5.26 Å². The van der Waals surface area contributed by atoms with Crippen LogP contribution in [0.1, 0.15) is 45.1 Å². The Morgan fingerprint density at radius 3 is 2.06 bits per heavy atom. The molecule has 0 fully saturated rings. The van der Waals surface area contributed by atoms with Crippen LogP contribution < -0.4 is 0 Å². The van der Waals surface area contributed by atoms with Gasteiger partial charge in [0.05, 0.1) is 6.07 Å². The molecule has 0 aliphatic rings. The van der Waals surface area contributed by atoms with Gasteiger partial charge in [-0.1, -0.05) is 26.7 Å². The second-order valence-corrected chi connectivity index (χ2v) is 4.23. The molecule has 3 heteroatoms. The van der Waals surface area contributed by atoms with Crippen molar-refractivity contribution in [2.24, 2.45) is 0 Å². The van der Waals surface area contributed by atoms with Gasteiger partial charge in [-0.2, -0.15) is 5.26 Å². The number of allylic oxidation sites excluding steroid dienone is 2. The van der Waals surface area contributed by atoms with Crippen LogP contribution in [0.2, 0.25) is 0 Å². The smallest absolute Gasteiger partial charge is 0.126 e. The second kappa shape index (κ2) is 6.90. The highest BCUT2D eigenvalue weighted by atomic mass is 19.1. The van der Waals surface area contributed by atoms with E-state index in [0.29, 0.717) is 24.0 Å². The SMILES string of the molecule is CCC/C(C#N)=C(\CCC)c1cc(F)cc(F)c1. The second-order valence-electron chi connectivity index (χ2n) is 4.23. The van der Waals surface area contributed by atoms with Gasteiger partial charge < -0.3 is 0 Å². The molecule has 1 aromatic carbocycles. The van der Waals surface area contributed by atoms with Crippen molar-refractivity contribution in [2.75, 3.05) is 0 Å². The van der Waals surface area contributed by atoms with Gasteiger partial charge in [-0.3, -0.25) is 0 Å². The minimum atomic E-state index is -0.604. The zero-order chi connectivity index (χ0) is 13.5. The monoisotopic (exact) mass is 249 g/mol. The fraction of sp³-hybridized carbons (Fsp3) is 0.400. The molecule has 18 heavy (non-hydrogen) atoms. The van der Waals surface area contributed by atoms with E-state index in [4.69, 9.17) is 5.26 Å². The minimum absolute atomic E-state index is 0.486. The van der Waals surface area contributed by atoms with Crippen LogP contribution in [-0.4, -0.2) is 0 Å². The average molecular weight is 249 g/mol. The molecule has 0 atom stereocenters. The molecule has 1 nitrogen and oxygen atoms in total. The van der Waals surface area contributed by atoms with Crippen molar-refractivity contribution in [3.05, 3.63) is 41.0 Å². The van der Waals surface area contributed by atoms with E-state index >= 15 is 0 Å². The molecular weight excluding hydrogens is 232 g/mol. The third-order valence-electron chi connectivity index (χ3n) is 2.71. The van der Waals surface area contributed by atoms with Crippen LogP contribution in [0.25, 0.3) is 5.57 Å². The zero-order valence-electron chi connectivity index (χ0n) is 10.8. The molecule has 1 rings (SSSR count). The number of halogens is 2. The summed E-state index contributed by atoms with van der Waals surface area (Å²) in [5.74, 6) is -1.21. The standard InChI is InChI=1S/C15H17F2N/c1-3-5-11(10-18)15(6-4-2)12-7-13(16)9-14(17)8-12/h7-9H,3-6H2,1-2H3/b15-11-. The van der Waals surface area contributed by atoms with Gasteiger partial charge in [-0.25, -0.2) is 8.78 Å². The summed E-state index contributed by atoms with van der Waals surface area (Å²) < 4.78 is 26.5. The Morgan fingerprint density at radius 2 is 1.61 bits per heavy atom. The molecule has 0 N–H and O–H groups in total. The molecule has 0 aliphatic heterocycles. The van der Waals surface area contributed by atoms with Crippen molar-refractivity contribution in [2.45, 2.75) is 39.5 Å². The van der Waals surface area contributed by atoms with E-state index in [2.05, 4.69) is 6.07 Å². The molecule has 0 radical (unpaired) electrons. The topological polar surface area (TPSA) is 23.8 Å². The van der Waals surface area contributed by atoms with E-state index < -0.39 is 11.6 Å². The fourth-order valence-electron chi connectivity index (χ4n) is 1.97. The first-order valence-electron chi connectivity index (χ1n) is 6.20. The number of benzene rings is 1. The molecule has 0 bridgehead atoms. The Morgan fingerprint density at radius 1 is 1.06 bits per heavy atom. The maximum absolute atomic E-state index is 13.2. The Balaban J connectivity index is 3.31. The molecule has 0 unspecified atom stereocenters. The Bertz CT molecular complexity index is 464. The van der Waals surface area contributed by atoms with Crippen LogP contribution in [-0.2, 0) is 0 Å². The largest absolute Gasteiger partial charge is 0.207 e. The predicted octanol–water partition coefficient (Wildman–Crippen LogP) is 4.84.